The standard InChI is InChI=1S/C29H35N.ClH/c1-2-9-23(10-3-1)11-8-20-30-21-18-26(19-22-30)29-27-14-6-4-12-24(27)16-17-25-13-5-7-15-28(25)29;/h4-7,12-17,23H,1-3,8-11,18-22H2;1H. The van der Waals surface area contributed by atoms with Crippen LogP contribution in [0.5, 0.6) is 0 Å². The van der Waals surface area contributed by atoms with Crippen LogP contribution in [0.1, 0.15) is 80.0 Å². The van der Waals surface area contributed by atoms with E-state index in [1.165, 1.54) is 105 Å². The molecule has 2 aromatic carbocycles. The van der Waals surface area contributed by atoms with E-state index < -0.39 is 0 Å². The molecule has 0 radical (unpaired) electrons. The van der Waals surface area contributed by atoms with Gasteiger partial charge in [0.1, 0.15) is 0 Å². The molecule has 0 unspecified atom stereocenters. The average molecular weight is 434 g/mol. The van der Waals surface area contributed by atoms with E-state index in [-0.39, 0.29) is 12.4 Å². The summed E-state index contributed by atoms with van der Waals surface area (Å²) in [6, 6.07) is 17.9. The van der Waals surface area contributed by atoms with Crippen LogP contribution < -0.4 is 0 Å². The molecule has 1 nitrogen and oxygen atoms in total. The lowest BCUT2D eigenvalue weighted by Gasteiger charge is -2.31. The van der Waals surface area contributed by atoms with Crippen LogP contribution in [0, 0.1) is 5.92 Å². The van der Waals surface area contributed by atoms with Crippen molar-refractivity contribution in [3.8, 4) is 0 Å². The zero-order valence-electron chi connectivity index (χ0n) is 18.7. The van der Waals surface area contributed by atoms with Gasteiger partial charge in [-0.3, -0.25) is 0 Å². The van der Waals surface area contributed by atoms with E-state index in [1.54, 1.807) is 5.57 Å². The molecule has 2 aliphatic carbocycles. The number of rotatable bonds is 4. The fourth-order valence-corrected chi connectivity index (χ4v) is 5.82. The third-order valence-electron chi connectivity index (χ3n) is 7.53. The van der Waals surface area contributed by atoms with Crippen LogP contribution in [-0.4, -0.2) is 24.5 Å². The molecule has 1 heterocycles. The lowest BCUT2D eigenvalue weighted by molar-refractivity contribution is 0.236. The van der Waals surface area contributed by atoms with Gasteiger partial charge in [-0.25, -0.2) is 0 Å². The third-order valence-corrected chi connectivity index (χ3v) is 7.53. The first kappa shape index (κ1) is 22.4. The Kier molecular flexibility index (Phi) is 7.69. The molecule has 1 aliphatic heterocycles. The summed E-state index contributed by atoms with van der Waals surface area (Å²) in [4.78, 5) is 2.72. The summed E-state index contributed by atoms with van der Waals surface area (Å²) < 4.78 is 0. The van der Waals surface area contributed by atoms with Gasteiger partial charge in [-0.2, -0.15) is 0 Å². The van der Waals surface area contributed by atoms with Crippen LogP contribution in [0.3, 0.4) is 0 Å². The van der Waals surface area contributed by atoms with E-state index in [0.717, 1.165) is 5.92 Å². The van der Waals surface area contributed by atoms with Crippen LogP contribution in [0.15, 0.2) is 54.1 Å². The van der Waals surface area contributed by atoms with Gasteiger partial charge < -0.3 is 4.90 Å². The summed E-state index contributed by atoms with van der Waals surface area (Å²) in [5.41, 5.74) is 8.70. The molecule has 0 atom stereocenters. The predicted octanol–water partition coefficient (Wildman–Crippen LogP) is 7.85. The molecule has 2 aromatic rings. The largest absolute Gasteiger partial charge is 0.303 e. The lowest BCUT2D eigenvalue weighted by Crippen LogP contribution is -2.32. The van der Waals surface area contributed by atoms with Crippen LogP contribution in [0.4, 0.5) is 0 Å². The highest BCUT2D eigenvalue weighted by Gasteiger charge is 2.22. The van der Waals surface area contributed by atoms with Gasteiger partial charge in [0.25, 0.3) is 0 Å². The van der Waals surface area contributed by atoms with E-state index in [2.05, 4.69) is 65.6 Å². The van der Waals surface area contributed by atoms with Gasteiger partial charge in [-0.1, -0.05) is 98.4 Å². The minimum atomic E-state index is 0. The number of benzene rings is 2. The Morgan fingerprint density at radius 1 is 0.742 bits per heavy atom. The van der Waals surface area contributed by atoms with Crippen LogP contribution >= 0.6 is 12.4 Å². The van der Waals surface area contributed by atoms with Crippen LogP contribution in [-0.2, 0) is 0 Å². The molecule has 2 heteroatoms. The van der Waals surface area contributed by atoms with Gasteiger partial charge in [0, 0.05) is 13.1 Å². The molecule has 1 saturated carbocycles. The summed E-state index contributed by atoms with van der Waals surface area (Å²) in [7, 11) is 0. The normalized spacial score (nSPS) is 19.4. The Hall–Kier alpha value is -1.83. The van der Waals surface area contributed by atoms with Gasteiger partial charge in [0.2, 0.25) is 0 Å². The second-order valence-electron chi connectivity index (χ2n) is 9.47. The van der Waals surface area contributed by atoms with E-state index in [1.807, 2.05) is 0 Å². The third kappa shape index (κ3) is 5.16. The minimum Gasteiger partial charge on any atom is -0.303 e. The van der Waals surface area contributed by atoms with Crippen molar-refractivity contribution in [2.24, 2.45) is 5.92 Å². The molecule has 0 amide bonds. The van der Waals surface area contributed by atoms with E-state index in [4.69, 9.17) is 0 Å². The topological polar surface area (TPSA) is 3.24 Å². The smallest absolute Gasteiger partial charge is 0.00190 e. The average Bonchev–Trinajstić information content (AvgIpc) is 2.97. The summed E-state index contributed by atoms with van der Waals surface area (Å²) in [6.45, 7) is 3.75. The highest BCUT2D eigenvalue weighted by Crippen LogP contribution is 2.38. The molecule has 5 rings (SSSR count). The van der Waals surface area contributed by atoms with Crippen molar-refractivity contribution in [1.29, 1.82) is 0 Å². The first-order valence-electron chi connectivity index (χ1n) is 12.2. The molecule has 0 N–H and O–H groups in total. The fourth-order valence-electron chi connectivity index (χ4n) is 5.82. The molecule has 31 heavy (non-hydrogen) atoms. The van der Waals surface area contributed by atoms with Crippen molar-refractivity contribution in [3.63, 3.8) is 0 Å². The second kappa shape index (κ2) is 10.7. The van der Waals surface area contributed by atoms with Gasteiger partial charge in [-0.15, -0.1) is 12.4 Å². The maximum absolute atomic E-state index is 2.72. The molecule has 0 spiro atoms. The maximum Gasteiger partial charge on any atom is 0.00190 e. The first-order chi connectivity index (χ1) is 14.9. The van der Waals surface area contributed by atoms with Gasteiger partial charge in [0.05, 0.1) is 0 Å². The summed E-state index contributed by atoms with van der Waals surface area (Å²) >= 11 is 0. The molecule has 3 aliphatic rings. The molecular formula is C29H36ClN. The van der Waals surface area contributed by atoms with E-state index >= 15 is 0 Å². The Balaban J connectivity index is 0.00000231. The maximum atomic E-state index is 2.72. The second-order valence-corrected chi connectivity index (χ2v) is 9.47. The number of halogens is 1. The minimum absolute atomic E-state index is 0. The monoisotopic (exact) mass is 433 g/mol. The molecule has 2 fully saturated rings. The number of hydrogen-bond acceptors (Lipinski definition) is 1. The summed E-state index contributed by atoms with van der Waals surface area (Å²) in [5.74, 6) is 1.02. The highest BCUT2D eigenvalue weighted by molar-refractivity contribution is 5.94. The van der Waals surface area contributed by atoms with Crippen LogP contribution in [0.25, 0.3) is 17.7 Å². The van der Waals surface area contributed by atoms with Crippen molar-refractivity contribution >= 4 is 30.1 Å². The Bertz CT molecular complexity index is 874. The van der Waals surface area contributed by atoms with Gasteiger partial charge in [0.15, 0.2) is 0 Å². The first-order valence-corrected chi connectivity index (χ1v) is 12.2. The van der Waals surface area contributed by atoms with Crippen molar-refractivity contribution in [2.75, 3.05) is 19.6 Å². The van der Waals surface area contributed by atoms with Gasteiger partial charge in [-0.05, 0) is 66.0 Å². The van der Waals surface area contributed by atoms with Crippen molar-refractivity contribution < 1.29 is 0 Å². The van der Waals surface area contributed by atoms with Crippen molar-refractivity contribution in [3.05, 3.63) is 76.4 Å². The van der Waals surface area contributed by atoms with E-state index in [9.17, 15) is 0 Å². The van der Waals surface area contributed by atoms with Crippen molar-refractivity contribution in [1.82, 2.24) is 4.90 Å². The zero-order valence-corrected chi connectivity index (χ0v) is 19.5. The molecule has 164 valence electrons. The predicted molar refractivity (Wildman–Crippen MR) is 137 cm³/mol. The van der Waals surface area contributed by atoms with Gasteiger partial charge >= 0.3 is 0 Å². The number of likely N-dealkylation sites (tertiary alicyclic amines) is 1. The van der Waals surface area contributed by atoms with Crippen LogP contribution in [0.2, 0.25) is 0 Å². The molecular weight excluding hydrogens is 398 g/mol. The lowest BCUT2D eigenvalue weighted by atomic mass is 9.85. The number of hydrogen-bond donors (Lipinski definition) is 0. The highest BCUT2D eigenvalue weighted by atomic mass is 35.5. The Morgan fingerprint density at radius 3 is 1.94 bits per heavy atom. The quantitative estimate of drug-likeness (QED) is 0.404. The number of nitrogens with zero attached hydrogens (tertiary/aromatic N) is 1. The molecule has 1 saturated heterocycles. The molecule has 0 aromatic heterocycles. The Labute approximate surface area is 194 Å². The molecule has 0 bridgehead atoms. The number of fused-ring (bicyclic) bond motifs is 2. The van der Waals surface area contributed by atoms with E-state index in [0.29, 0.717) is 0 Å². The SMILES string of the molecule is C1=Cc2ccccc2C(=C2CCN(CCCC3CCCCC3)CC2)c2ccccc21.Cl. The summed E-state index contributed by atoms with van der Waals surface area (Å²) in [5, 5.41) is 0. The Morgan fingerprint density at radius 2 is 1.32 bits per heavy atom. The van der Waals surface area contributed by atoms with Crippen molar-refractivity contribution in [2.45, 2.75) is 57.8 Å². The number of piperidine rings is 1. The summed E-state index contributed by atoms with van der Waals surface area (Å²) in [6.07, 6.45) is 17.3. The zero-order chi connectivity index (χ0) is 20.2. The fraction of sp³-hybridized carbons (Fsp3) is 0.448.